The molecule has 6 heteroatoms. The molecular weight excluding hydrogens is 368 g/mol. The summed E-state index contributed by atoms with van der Waals surface area (Å²) in [6.07, 6.45) is 0.119. The quantitative estimate of drug-likeness (QED) is 0.727. The number of rotatable bonds is 6. The molecule has 2 rings (SSSR count). The van der Waals surface area contributed by atoms with Crippen molar-refractivity contribution < 1.29 is 19.1 Å². The first-order chi connectivity index (χ1) is 13.6. The molecule has 0 spiro atoms. The van der Waals surface area contributed by atoms with Gasteiger partial charge in [0.25, 0.3) is 5.91 Å². The summed E-state index contributed by atoms with van der Waals surface area (Å²) in [6, 6.07) is 12.4. The molecule has 0 heterocycles. The van der Waals surface area contributed by atoms with Crippen molar-refractivity contribution in [1.82, 2.24) is 5.32 Å². The molecule has 0 unspecified atom stereocenters. The van der Waals surface area contributed by atoms with Crippen molar-refractivity contribution in [2.75, 3.05) is 19.0 Å². The maximum Gasteiger partial charge on any atom is 0.337 e. The highest BCUT2D eigenvalue weighted by molar-refractivity contribution is 5.96. The molecule has 0 saturated heterocycles. The molecule has 6 nitrogen and oxygen atoms in total. The molecule has 154 valence electrons. The lowest BCUT2D eigenvalue weighted by molar-refractivity contribution is -0.116. The summed E-state index contributed by atoms with van der Waals surface area (Å²) in [5.74, 6) is -0.939. The molecular formula is C23H28N2O4. The molecule has 0 aliphatic carbocycles. The van der Waals surface area contributed by atoms with Gasteiger partial charge in [0.2, 0.25) is 5.91 Å². The minimum Gasteiger partial charge on any atom is -0.465 e. The molecule has 0 bridgehead atoms. The Hall–Kier alpha value is -3.15. The zero-order valence-corrected chi connectivity index (χ0v) is 17.6. The van der Waals surface area contributed by atoms with Crippen molar-refractivity contribution in [2.45, 2.75) is 39.5 Å². The minimum absolute atomic E-state index is 0.0242. The van der Waals surface area contributed by atoms with Gasteiger partial charge in [-0.3, -0.25) is 9.59 Å². The Labute approximate surface area is 171 Å². The molecule has 0 aromatic heterocycles. The van der Waals surface area contributed by atoms with Crippen molar-refractivity contribution in [2.24, 2.45) is 0 Å². The molecule has 0 aliphatic rings. The number of amides is 2. The average molecular weight is 396 g/mol. The van der Waals surface area contributed by atoms with Crippen molar-refractivity contribution in [3.05, 3.63) is 64.7 Å². The van der Waals surface area contributed by atoms with Gasteiger partial charge in [-0.25, -0.2) is 4.79 Å². The molecule has 2 amide bonds. The Morgan fingerprint density at radius 3 is 2.17 bits per heavy atom. The summed E-state index contributed by atoms with van der Waals surface area (Å²) >= 11 is 0. The van der Waals surface area contributed by atoms with E-state index in [0.717, 1.165) is 11.1 Å². The van der Waals surface area contributed by atoms with E-state index in [4.69, 9.17) is 4.74 Å². The number of hydrogen-bond acceptors (Lipinski definition) is 4. The second-order valence-corrected chi connectivity index (χ2v) is 7.90. The second kappa shape index (κ2) is 9.37. The molecule has 2 N–H and O–H groups in total. The summed E-state index contributed by atoms with van der Waals surface area (Å²) in [5, 5.41) is 5.52. The van der Waals surface area contributed by atoms with Gasteiger partial charge in [-0.05, 0) is 47.7 Å². The number of methoxy groups -OCH3 is 1. The minimum atomic E-state index is -0.467. The maximum absolute atomic E-state index is 12.3. The van der Waals surface area contributed by atoms with Crippen LogP contribution >= 0.6 is 0 Å². The van der Waals surface area contributed by atoms with E-state index in [2.05, 4.69) is 31.4 Å². The van der Waals surface area contributed by atoms with Crippen LogP contribution in [-0.4, -0.2) is 31.4 Å². The summed E-state index contributed by atoms with van der Waals surface area (Å²) in [4.78, 5) is 36.1. The number of hydrogen-bond donors (Lipinski definition) is 2. The molecule has 0 saturated carbocycles. The molecule has 0 atom stereocenters. The largest absolute Gasteiger partial charge is 0.465 e. The standard InChI is InChI=1S/C23H28N2O4/c1-15-6-7-17(22(28)29-5)14-19(15)25-20(26)12-13-24-21(27)16-8-10-18(11-9-16)23(2,3)4/h6-11,14H,12-13H2,1-5H3,(H,24,27)(H,25,26). The van der Waals surface area contributed by atoms with E-state index in [1.807, 2.05) is 19.1 Å². The van der Waals surface area contributed by atoms with Crippen LogP contribution in [0.5, 0.6) is 0 Å². The Balaban J connectivity index is 1.88. The van der Waals surface area contributed by atoms with Gasteiger partial charge in [0.05, 0.1) is 12.7 Å². The van der Waals surface area contributed by atoms with Gasteiger partial charge in [-0.15, -0.1) is 0 Å². The number of anilines is 1. The van der Waals surface area contributed by atoms with Crippen LogP contribution in [-0.2, 0) is 14.9 Å². The van der Waals surface area contributed by atoms with Crippen LogP contribution < -0.4 is 10.6 Å². The topological polar surface area (TPSA) is 84.5 Å². The van der Waals surface area contributed by atoms with Gasteiger partial charge < -0.3 is 15.4 Å². The fourth-order valence-corrected chi connectivity index (χ4v) is 2.73. The van der Waals surface area contributed by atoms with Gasteiger partial charge in [-0.1, -0.05) is 39.0 Å². The van der Waals surface area contributed by atoms with Crippen molar-refractivity contribution in [3.8, 4) is 0 Å². The van der Waals surface area contributed by atoms with E-state index in [-0.39, 0.29) is 30.2 Å². The Kier molecular flexibility index (Phi) is 7.15. The number of aryl methyl sites for hydroxylation is 1. The zero-order valence-electron chi connectivity index (χ0n) is 17.6. The number of ether oxygens (including phenoxy) is 1. The average Bonchev–Trinajstić information content (AvgIpc) is 2.68. The SMILES string of the molecule is COC(=O)c1ccc(C)c(NC(=O)CCNC(=O)c2ccc(C(C)(C)C)cc2)c1. The van der Waals surface area contributed by atoms with E-state index in [1.165, 1.54) is 7.11 Å². The van der Waals surface area contributed by atoms with Gasteiger partial charge in [0.1, 0.15) is 0 Å². The summed E-state index contributed by atoms with van der Waals surface area (Å²) < 4.78 is 4.70. The third kappa shape index (κ3) is 6.17. The summed E-state index contributed by atoms with van der Waals surface area (Å²) in [5.41, 5.74) is 3.46. The summed E-state index contributed by atoms with van der Waals surface area (Å²) in [7, 11) is 1.31. The first-order valence-corrected chi connectivity index (χ1v) is 9.49. The molecule has 2 aromatic rings. The fourth-order valence-electron chi connectivity index (χ4n) is 2.73. The van der Waals surface area contributed by atoms with Crippen LogP contribution in [0.3, 0.4) is 0 Å². The Morgan fingerprint density at radius 1 is 0.966 bits per heavy atom. The van der Waals surface area contributed by atoms with E-state index >= 15 is 0 Å². The molecule has 2 aromatic carbocycles. The number of carbonyl (C=O) groups excluding carboxylic acids is 3. The lowest BCUT2D eigenvalue weighted by Crippen LogP contribution is -2.28. The predicted molar refractivity (Wildman–Crippen MR) is 113 cm³/mol. The van der Waals surface area contributed by atoms with Crippen molar-refractivity contribution in [1.29, 1.82) is 0 Å². The normalized spacial score (nSPS) is 10.9. The van der Waals surface area contributed by atoms with Crippen molar-refractivity contribution >= 4 is 23.5 Å². The van der Waals surface area contributed by atoms with Crippen LogP contribution in [0, 0.1) is 6.92 Å². The zero-order chi connectivity index (χ0) is 21.6. The first kappa shape index (κ1) is 22.1. The smallest absolute Gasteiger partial charge is 0.337 e. The van der Waals surface area contributed by atoms with E-state index in [9.17, 15) is 14.4 Å². The molecule has 29 heavy (non-hydrogen) atoms. The highest BCUT2D eigenvalue weighted by Crippen LogP contribution is 2.22. The molecule has 0 fully saturated rings. The summed E-state index contributed by atoms with van der Waals surface area (Å²) in [6.45, 7) is 8.39. The highest BCUT2D eigenvalue weighted by Gasteiger charge is 2.15. The van der Waals surface area contributed by atoms with Gasteiger partial charge in [-0.2, -0.15) is 0 Å². The lowest BCUT2D eigenvalue weighted by atomic mass is 9.87. The number of carbonyl (C=O) groups is 3. The van der Waals surface area contributed by atoms with E-state index < -0.39 is 5.97 Å². The van der Waals surface area contributed by atoms with E-state index in [1.54, 1.807) is 30.3 Å². The third-order valence-electron chi connectivity index (χ3n) is 4.58. The Morgan fingerprint density at radius 2 is 1.59 bits per heavy atom. The molecule has 0 aliphatic heterocycles. The number of esters is 1. The monoisotopic (exact) mass is 396 g/mol. The van der Waals surface area contributed by atoms with Crippen LogP contribution in [0.25, 0.3) is 0 Å². The van der Waals surface area contributed by atoms with Gasteiger partial charge in [0.15, 0.2) is 0 Å². The molecule has 0 radical (unpaired) electrons. The van der Waals surface area contributed by atoms with Crippen molar-refractivity contribution in [3.63, 3.8) is 0 Å². The maximum atomic E-state index is 12.3. The third-order valence-corrected chi connectivity index (χ3v) is 4.58. The van der Waals surface area contributed by atoms with Gasteiger partial charge >= 0.3 is 5.97 Å². The van der Waals surface area contributed by atoms with Crippen LogP contribution in [0.15, 0.2) is 42.5 Å². The lowest BCUT2D eigenvalue weighted by Gasteiger charge is -2.19. The predicted octanol–water partition coefficient (Wildman–Crippen LogP) is 3.84. The first-order valence-electron chi connectivity index (χ1n) is 9.49. The van der Waals surface area contributed by atoms with Crippen LogP contribution in [0.4, 0.5) is 5.69 Å². The van der Waals surface area contributed by atoms with Crippen LogP contribution in [0.1, 0.15) is 59.0 Å². The van der Waals surface area contributed by atoms with Gasteiger partial charge in [0, 0.05) is 24.2 Å². The number of nitrogens with one attached hydrogen (secondary N) is 2. The highest BCUT2D eigenvalue weighted by atomic mass is 16.5. The van der Waals surface area contributed by atoms with Crippen LogP contribution in [0.2, 0.25) is 0 Å². The fraction of sp³-hybridized carbons (Fsp3) is 0.348. The second-order valence-electron chi connectivity index (χ2n) is 7.90. The number of benzene rings is 2. The Bertz CT molecular complexity index is 896. The van der Waals surface area contributed by atoms with E-state index in [0.29, 0.717) is 16.8 Å².